The van der Waals surface area contributed by atoms with Crippen molar-refractivity contribution in [3.05, 3.63) is 42.6 Å². The lowest BCUT2D eigenvalue weighted by molar-refractivity contribution is -0.145. The first-order chi connectivity index (χ1) is 16.5. The largest absolute Gasteiger partial charge is 0.464 e. The van der Waals surface area contributed by atoms with Crippen LogP contribution in [0.5, 0.6) is 5.75 Å². The minimum Gasteiger partial charge on any atom is -0.464 e. The van der Waals surface area contributed by atoms with E-state index in [9.17, 15) is 14.4 Å². The zero-order valence-corrected chi connectivity index (χ0v) is 22.7. The van der Waals surface area contributed by atoms with Crippen molar-refractivity contribution in [2.45, 2.75) is 40.2 Å². The van der Waals surface area contributed by atoms with Gasteiger partial charge in [0.25, 0.3) is 5.91 Å². The molecule has 0 aliphatic rings. The van der Waals surface area contributed by atoms with Gasteiger partial charge in [-0.05, 0) is 24.0 Å². The van der Waals surface area contributed by atoms with Crippen molar-refractivity contribution >= 4 is 26.8 Å². The molecule has 11 heteroatoms. The fraction of sp³-hybridized carbons (Fsp3) is 0.542. The summed E-state index contributed by atoms with van der Waals surface area (Å²) < 4.78 is 22.2. The van der Waals surface area contributed by atoms with Gasteiger partial charge in [0.2, 0.25) is 6.41 Å². The first kappa shape index (κ1) is 32.5. The molecule has 10 nitrogen and oxygen atoms in total. The molecule has 0 aliphatic carbocycles. The van der Waals surface area contributed by atoms with Gasteiger partial charge in [0.1, 0.15) is 12.3 Å². The van der Waals surface area contributed by atoms with Gasteiger partial charge in [0.05, 0.1) is 19.3 Å². The molecular formula is C24H40N3O7P. The highest BCUT2D eigenvalue weighted by molar-refractivity contribution is 7.45. The van der Waals surface area contributed by atoms with Crippen molar-refractivity contribution < 1.29 is 32.9 Å². The minimum absolute atomic E-state index is 0.0148. The lowest BCUT2D eigenvalue weighted by atomic mass is 9.99. The molecule has 0 saturated heterocycles. The lowest BCUT2D eigenvalue weighted by Gasteiger charge is -2.21. The minimum atomic E-state index is -1.48. The number of nitrogens with zero attached hydrogens (tertiary/aromatic N) is 1. The number of para-hydroxylation sites is 1. The van der Waals surface area contributed by atoms with E-state index in [0.717, 1.165) is 6.42 Å². The molecule has 1 aromatic carbocycles. The molecule has 35 heavy (non-hydrogen) atoms. The molecule has 1 rings (SSSR count). The number of benzene rings is 1. The van der Waals surface area contributed by atoms with Crippen molar-refractivity contribution in [3.8, 4) is 5.75 Å². The summed E-state index contributed by atoms with van der Waals surface area (Å²) in [7, 11) is 3.73. The van der Waals surface area contributed by atoms with E-state index in [1.54, 1.807) is 32.3 Å². The van der Waals surface area contributed by atoms with Crippen molar-refractivity contribution in [1.82, 2.24) is 15.3 Å². The van der Waals surface area contributed by atoms with E-state index in [2.05, 4.69) is 5.09 Å². The molecule has 0 aliphatic heterocycles. The van der Waals surface area contributed by atoms with Crippen LogP contribution in [-0.4, -0.2) is 70.3 Å². The van der Waals surface area contributed by atoms with Crippen LogP contribution in [0.2, 0.25) is 0 Å². The van der Waals surface area contributed by atoms with Gasteiger partial charge in [-0.2, -0.15) is 0 Å². The molecule has 0 saturated carbocycles. The van der Waals surface area contributed by atoms with Gasteiger partial charge >= 0.3 is 14.5 Å². The fourth-order valence-electron chi connectivity index (χ4n) is 1.98. The third kappa shape index (κ3) is 19.5. The number of imide groups is 1. The van der Waals surface area contributed by atoms with Crippen LogP contribution in [0, 0.1) is 5.41 Å². The fourth-order valence-corrected chi connectivity index (χ4v) is 3.07. The summed E-state index contributed by atoms with van der Waals surface area (Å²) in [6.45, 7) is 8.84. The molecular weight excluding hydrogens is 473 g/mol. The summed E-state index contributed by atoms with van der Waals surface area (Å²) in [6.07, 6.45) is 3.99. The number of nitrogens with one attached hydrogen (secondary N) is 2. The summed E-state index contributed by atoms with van der Waals surface area (Å²) >= 11 is 0. The second kappa shape index (κ2) is 18.8. The summed E-state index contributed by atoms with van der Waals surface area (Å²) in [5, 5.41) is 4.97. The number of hydrogen-bond acceptors (Lipinski definition) is 9. The summed E-state index contributed by atoms with van der Waals surface area (Å²) in [4.78, 5) is 33.8. The van der Waals surface area contributed by atoms with Crippen molar-refractivity contribution in [2.24, 2.45) is 5.41 Å². The topological polar surface area (TPSA) is 115 Å². The average molecular weight is 514 g/mol. The van der Waals surface area contributed by atoms with Gasteiger partial charge in [-0.3, -0.25) is 19.7 Å². The SMILES string of the molecule is CCC(COP(NCC(=O)OCC(C)(C)C)Oc1ccccc1)OC.CN(C)/C=C\C(=O)NC=O. The maximum Gasteiger partial charge on any atom is 0.320 e. The number of ether oxygens (including phenoxy) is 2. The Morgan fingerprint density at radius 2 is 1.83 bits per heavy atom. The maximum atomic E-state index is 11.9. The number of carbonyl (C=O) groups is 3. The second-order valence-electron chi connectivity index (χ2n) is 8.69. The Morgan fingerprint density at radius 3 is 2.34 bits per heavy atom. The first-order valence-electron chi connectivity index (χ1n) is 11.2. The molecule has 0 radical (unpaired) electrons. The molecule has 0 aromatic heterocycles. The number of esters is 1. The third-order valence-electron chi connectivity index (χ3n) is 3.84. The third-order valence-corrected chi connectivity index (χ3v) is 5.02. The predicted octanol–water partition coefficient (Wildman–Crippen LogP) is 3.25. The van der Waals surface area contributed by atoms with E-state index < -0.39 is 14.4 Å². The van der Waals surface area contributed by atoms with E-state index >= 15 is 0 Å². The monoisotopic (exact) mass is 513 g/mol. The van der Waals surface area contributed by atoms with E-state index in [4.69, 9.17) is 18.5 Å². The van der Waals surface area contributed by atoms with Crippen LogP contribution in [0.25, 0.3) is 0 Å². The van der Waals surface area contributed by atoms with Crippen LogP contribution in [0.1, 0.15) is 34.1 Å². The standard InChI is InChI=1S/C18H30NO5P.C6H10N2O2/c1-6-15(21-5)13-23-25(24-16-10-8-7-9-11-16)19-12-17(20)22-14-18(2,3)4;1-8(2)4-3-6(10)7-5-9/h7-11,15,19H,6,12-14H2,1-5H3;3-5H,1-2H3,(H,7,9,10)/b;4-3-. The van der Waals surface area contributed by atoms with Gasteiger partial charge in [-0.15, -0.1) is 0 Å². The summed E-state index contributed by atoms with van der Waals surface area (Å²) in [6, 6.07) is 9.35. The van der Waals surface area contributed by atoms with E-state index in [1.807, 2.05) is 63.3 Å². The molecule has 0 heterocycles. The average Bonchev–Trinajstić information content (AvgIpc) is 2.81. The Balaban J connectivity index is 0.000000972. The molecule has 2 unspecified atom stereocenters. The Morgan fingerprint density at radius 1 is 1.17 bits per heavy atom. The van der Waals surface area contributed by atoms with Crippen LogP contribution in [-0.2, 0) is 28.4 Å². The highest BCUT2D eigenvalue weighted by Gasteiger charge is 2.19. The van der Waals surface area contributed by atoms with Crippen LogP contribution >= 0.6 is 8.53 Å². The first-order valence-corrected chi connectivity index (χ1v) is 12.3. The quantitative estimate of drug-likeness (QED) is 0.167. The molecule has 2 N–H and O–H groups in total. The van der Waals surface area contributed by atoms with Gasteiger partial charge in [0, 0.05) is 33.5 Å². The summed E-state index contributed by atoms with van der Waals surface area (Å²) in [5.74, 6) is -0.0696. The number of rotatable bonds is 14. The Kier molecular flexibility index (Phi) is 17.4. The molecule has 2 atom stereocenters. The zero-order valence-electron chi connectivity index (χ0n) is 21.8. The predicted molar refractivity (Wildman–Crippen MR) is 136 cm³/mol. The van der Waals surface area contributed by atoms with Crippen LogP contribution in [0.3, 0.4) is 0 Å². The zero-order chi connectivity index (χ0) is 26.7. The number of hydrogen-bond donors (Lipinski definition) is 2. The second-order valence-corrected chi connectivity index (χ2v) is 9.96. The molecule has 2 amide bonds. The Hall–Kier alpha value is -2.52. The molecule has 0 spiro atoms. The Labute approximate surface area is 210 Å². The maximum absolute atomic E-state index is 11.9. The van der Waals surface area contributed by atoms with Crippen LogP contribution < -0.4 is 14.9 Å². The van der Waals surface area contributed by atoms with Crippen LogP contribution in [0.15, 0.2) is 42.6 Å². The highest BCUT2D eigenvalue weighted by atomic mass is 31.2. The number of carbonyl (C=O) groups excluding carboxylic acids is 3. The molecule has 0 fully saturated rings. The Bertz CT molecular complexity index is 751. The van der Waals surface area contributed by atoms with Crippen LogP contribution in [0.4, 0.5) is 0 Å². The van der Waals surface area contributed by atoms with Gasteiger partial charge < -0.3 is 23.4 Å². The van der Waals surface area contributed by atoms with Crippen molar-refractivity contribution in [1.29, 1.82) is 0 Å². The molecule has 198 valence electrons. The highest BCUT2D eigenvalue weighted by Crippen LogP contribution is 2.35. The number of methoxy groups -OCH3 is 1. The van der Waals surface area contributed by atoms with Gasteiger partial charge in [-0.25, -0.2) is 5.09 Å². The number of amides is 2. The smallest absolute Gasteiger partial charge is 0.320 e. The summed E-state index contributed by atoms with van der Waals surface area (Å²) in [5.41, 5.74) is -0.0652. The lowest BCUT2D eigenvalue weighted by Crippen LogP contribution is -2.27. The van der Waals surface area contributed by atoms with Gasteiger partial charge in [0.15, 0.2) is 0 Å². The normalized spacial score (nSPS) is 12.7. The van der Waals surface area contributed by atoms with E-state index in [-0.39, 0.29) is 24.0 Å². The van der Waals surface area contributed by atoms with Gasteiger partial charge in [-0.1, -0.05) is 45.9 Å². The molecule has 0 bridgehead atoms. The molecule has 1 aromatic rings. The van der Waals surface area contributed by atoms with Crippen molar-refractivity contribution in [2.75, 3.05) is 41.0 Å². The van der Waals surface area contributed by atoms with Crippen molar-refractivity contribution in [3.63, 3.8) is 0 Å². The van der Waals surface area contributed by atoms with E-state index in [1.165, 1.54) is 6.08 Å². The van der Waals surface area contributed by atoms with E-state index in [0.29, 0.717) is 25.4 Å².